The summed E-state index contributed by atoms with van der Waals surface area (Å²) in [5.74, 6) is -0.0696. The van der Waals surface area contributed by atoms with Gasteiger partial charge in [0.2, 0.25) is 0 Å². The molecule has 0 aliphatic rings. The second kappa shape index (κ2) is 8.92. The molecular weight excluding hydrogens is 286 g/mol. The first-order valence-corrected chi connectivity index (χ1v) is 7.24. The zero-order valence-corrected chi connectivity index (χ0v) is 13.5. The number of esters is 1. The van der Waals surface area contributed by atoms with Gasteiger partial charge >= 0.3 is 5.97 Å². The summed E-state index contributed by atoms with van der Waals surface area (Å²) in [5.41, 5.74) is 0.220. The van der Waals surface area contributed by atoms with E-state index in [9.17, 15) is 9.59 Å². The van der Waals surface area contributed by atoms with Gasteiger partial charge in [-0.15, -0.1) is 0 Å². The average molecular weight is 309 g/mol. The van der Waals surface area contributed by atoms with E-state index >= 15 is 0 Å². The quantitative estimate of drug-likeness (QED) is 0.745. The molecule has 1 aromatic rings. The van der Waals surface area contributed by atoms with Gasteiger partial charge in [-0.1, -0.05) is 13.8 Å². The van der Waals surface area contributed by atoms with E-state index in [1.807, 2.05) is 13.8 Å². The lowest BCUT2D eigenvalue weighted by Gasteiger charge is -2.15. The normalized spacial score (nSPS) is 10.2. The van der Waals surface area contributed by atoms with Crippen LogP contribution in [0.2, 0.25) is 0 Å². The Balaban J connectivity index is 2.67. The minimum Gasteiger partial charge on any atom is -0.497 e. The summed E-state index contributed by atoms with van der Waals surface area (Å²) in [7, 11) is 2.96. The van der Waals surface area contributed by atoms with E-state index in [4.69, 9.17) is 14.2 Å². The summed E-state index contributed by atoms with van der Waals surface area (Å²) < 4.78 is 15.2. The van der Waals surface area contributed by atoms with Crippen LogP contribution in [0.15, 0.2) is 18.2 Å². The Morgan fingerprint density at radius 1 is 1.14 bits per heavy atom. The van der Waals surface area contributed by atoms with Crippen LogP contribution < -0.4 is 14.8 Å². The first-order chi connectivity index (χ1) is 10.5. The predicted octanol–water partition coefficient (Wildman–Crippen LogP) is 2.17. The average Bonchev–Trinajstić information content (AvgIpc) is 2.56. The highest BCUT2D eigenvalue weighted by molar-refractivity contribution is 5.94. The van der Waals surface area contributed by atoms with Gasteiger partial charge in [-0.3, -0.25) is 4.79 Å². The smallest absolute Gasteiger partial charge is 0.342 e. The van der Waals surface area contributed by atoms with Gasteiger partial charge in [0.1, 0.15) is 17.1 Å². The Bertz CT molecular complexity index is 511. The zero-order valence-electron chi connectivity index (χ0n) is 13.5. The van der Waals surface area contributed by atoms with E-state index in [0.29, 0.717) is 11.5 Å². The van der Waals surface area contributed by atoms with Crippen molar-refractivity contribution in [3.63, 3.8) is 0 Å². The molecule has 1 N–H and O–H groups in total. The third kappa shape index (κ3) is 4.95. The van der Waals surface area contributed by atoms with Gasteiger partial charge in [-0.2, -0.15) is 0 Å². The van der Waals surface area contributed by atoms with Crippen molar-refractivity contribution in [2.75, 3.05) is 20.8 Å². The summed E-state index contributed by atoms with van der Waals surface area (Å²) in [6.07, 6.45) is 1.67. The monoisotopic (exact) mass is 309 g/mol. The molecule has 0 fully saturated rings. The molecule has 0 spiro atoms. The number of rotatable bonds is 8. The lowest BCUT2D eigenvalue weighted by atomic mass is 10.2. The second-order valence-corrected chi connectivity index (χ2v) is 4.72. The number of hydrogen-bond acceptors (Lipinski definition) is 5. The largest absolute Gasteiger partial charge is 0.497 e. The van der Waals surface area contributed by atoms with E-state index in [-0.39, 0.29) is 24.1 Å². The number of methoxy groups -OCH3 is 2. The standard InChI is InChI=1S/C16H23NO5/c1-5-11(6-2)17-15(18)10-22-16(19)13-9-12(20-3)7-8-14(13)21-4/h7-9,11H,5-6,10H2,1-4H3,(H,17,18). The molecule has 0 radical (unpaired) electrons. The molecule has 6 heteroatoms. The third-order valence-electron chi connectivity index (χ3n) is 3.31. The summed E-state index contributed by atoms with van der Waals surface area (Å²) in [4.78, 5) is 23.8. The summed E-state index contributed by atoms with van der Waals surface area (Å²) in [6, 6.07) is 4.90. The number of benzene rings is 1. The molecule has 122 valence electrons. The van der Waals surface area contributed by atoms with Crippen molar-refractivity contribution in [2.24, 2.45) is 0 Å². The van der Waals surface area contributed by atoms with Crippen LogP contribution in [0.25, 0.3) is 0 Å². The van der Waals surface area contributed by atoms with Crippen LogP contribution in [-0.4, -0.2) is 38.7 Å². The van der Waals surface area contributed by atoms with Crippen molar-refractivity contribution in [3.8, 4) is 11.5 Å². The topological polar surface area (TPSA) is 73.9 Å². The van der Waals surface area contributed by atoms with Gasteiger partial charge < -0.3 is 19.5 Å². The van der Waals surface area contributed by atoms with Crippen LogP contribution in [0.4, 0.5) is 0 Å². The predicted molar refractivity (Wildman–Crippen MR) is 82.3 cm³/mol. The molecule has 0 heterocycles. The van der Waals surface area contributed by atoms with Crippen molar-refractivity contribution >= 4 is 11.9 Å². The van der Waals surface area contributed by atoms with E-state index in [1.54, 1.807) is 12.1 Å². The van der Waals surface area contributed by atoms with Crippen molar-refractivity contribution in [3.05, 3.63) is 23.8 Å². The summed E-state index contributed by atoms with van der Waals surface area (Å²) in [6.45, 7) is 3.65. The van der Waals surface area contributed by atoms with Crippen LogP contribution in [0.1, 0.15) is 37.0 Å². The number of ether oxygens (including phenoxy) is 3. The Kier molecular flexibility index (Phi) is 7.22. The Morgan fingerprint density at radius 2 is 1.82 bits per heavy atom. The molecule has 0 unspecified atom stereocenters. The SMILES string of the molecule is CCC(CC)NC(=O)COC(=O)c1cc(OC)ccc1OC. The highest BCUT2D eigenvalue weighted by Gasteiger charge is 2.17. The van der Waals surface area contributed by atoms with Gasteiger partial charge in [0.15, 0.2) is 6.61 Å². The first-order valence-electron chi connectivity index (χ1n) is 7.24. The van der Waals surface area contributed by atoms with Crippen molar-refractivity contribution in [1.29, 1.82) is 0 Å². The molecular formula is C16H23NO5. The highest BCUT2D eigenvalue weighted by Crippen LogP contribution is 2.24. The number of hydrogen-bond donors (Lipinski definition) is 1. The zero-order chi connectivity index (χ0) is 16.5. The molecule has 0 aromatic heterocycles. The molecule has 0 saturated heterocycles. The minimum atomic E-state index is -0.629. The molecule has 0 aliphatic heterocycles. The van der Waals surface area contributed by atoms with Crippen molar-refractivity contribution in [1.82, 2.24) is 5.32 Å². The maximum absolute atomic E-state index is 12.1. The highest BCUT2D eigenvalue weighted by atomic mass is 16.5. The molecule has 0 atom stereocenters. The molecule has 0 aliphatic carbocycles. The van der Waals surface area contributed by atoms with Crippen LogP contribution >= 0.6 is 0 Å². The molecule has 0 saturated carbocycles. The van der Waals surface area contributed by atoms with Crippen molar-refractivity contribution in [2.45, 2.75) is 32.7 Å². The van der Waals surface area contributed by atoms with Crippen LogP contribution in [0.5, 0.6) is 11.5 Å². The van der Waals surface area contributed by atoms with Crippen LogP contribution in [0.3, 0.4) is 0 Å². The maximum atomic E-state index is 12.1. The Labute approximate surface area is 130 Å². The Hall–Kier alpha value is -2.24. The molecule has 1 amide bonds. The van der Waals surface area contributed by atoms with E-state index in [0.717, 1.165) is 12.8 Å². The summed E-state index contributed by atoms with van der Waals surface area (Å²) in [5, 5.41) is 2.80. The molecule has 1 aromatic carbocycles. The number of carbonyl (C=O) groups excluding carboxylic acids is 2. The van der Waals surface area contributed by atoms with E-state index in [2.05, 4.69) is 5.32 Å². The fourth-order valence-electron chi connectivity index (χ4n) is 1.94. The fraction of sp³-hybridized carbons (Fsp3) is 0.500. The van der Waals surface area contributed by atoms with E-state index < -0.39 is 5.97 Å². The van der Waals surface area contributed by atoms with Gasteiger partial charge in [0, 0.05) is 6.04 Å². The van der Waals surface area contributed by atoms with Crippen LogP contribution in [-0.2, 0) is 9.53 Å². The van der Waals surface area contributed by atoms with Gasteiger partial charge in [0.05, 0.1) is 14.2 Å². The summed E-state index contributed by atoms with van der Waals surface area (Å²) >= 11 is 0. The lowest BCUT2D eigenvalue weighted by Crippen LogP contribution is -2.36. The van der Waals surface area contributed by atoms with Crippen molar-refractivity contribution < 1.29 is 23.8 Å². The first kappa shape index (κ1) is 17.8. The van der Waals surface area contributed by atoms with Crippen LogP contribution in [0, 0.1) is 0 Å². The third-order valence-corrected chi connectivity index (χ3v) is 3.31. The van der Waals surface area contributed by atoms with E-state index in [1.165, 1.54) is 20.3 Å². The molecule has 1 rings (SSSR count). The van der Waals surface area contributed by atoms with Gasteiger partial charge in [-0.05, 0) is 31.0 Å². The van der Waals surface area contributed by atoms with Gasteiger partial charge in [-0.25, -0.2) is 4.79 Å². The Morgan fingerprint density at radius 3 is 2.36 bits per heavy atom. The molecule has 0 bridgehead atoms. The lowest BCUT2D eigenvalue weighted by molar-refractivity contribution is -0.125. The second-order valence-electron chi connectivity index (χ2n) is 4.72. The number of amides is 1. The fourth-order valence-corrected chi connectivity index (χ4v) is 1.94. The number of nitrogens with one attached hydrogen (secondary N) is 1. The van der Waals surface area contributed by atoms with Gasteiger partial charge in [0.25, 0.3) is 5.91 Å². The maximum Gasteiger partial charge on any atom is 0.342 e. The molecule has 22 heavy (non-hydrogen) atoms. The molecule has 6 nitrogen and oxygen atoms in total. The number of carbonyl (C=O) groups is 2. The minimum absolute atomic E-state index is 0.0950.